The molecule has 1 aromatic heterocycles. The third-order valence-electron chi connectivity index (χ3n) is 3.13. The highest BCUT2D eigenvalue weighted by Crippen LogP contribution is 2.13. The van der Waals surface area contributed by atoms with Crippen LogP contribution in [0.3, 0.4) is 0 Å². The van der Waals surface area contributed by atoms with Gasteiger partial charge in [0.15, 0.2) is 0 Å². The fourth-order valence-electron chi connectivity index (χ4n) is 1.69. The second kappa shape index (κ2) is 6.61. The third-order valence-corrected chi connectivity index (χ3v) is 3.13. The summed E-state index contributed by atoms with van der Waals surface area (Å²) in [6.07, 6.45) is 6.50. The van der Waals surface area contributed by atoms with E-state index in [1.165, 1.54) is 5.56 Å². The van der Waals surface area contributed by atoms with E-state index in [1.807, 2.05) is 12.3 Å². The molecule has 0 fully saturated rings. The summed E-state index contributed by atoms with van der Waals surface area (Å²) in [7, 11) is 0. The van der Waals surface area contributed by atoms with Crippen LogP contribution in [0.1, 0.15) is 32.3 Å². The van der Waals surface area contributed by atoms with Crippen LogP contribution in [0.2, 0.25) is 0 Å². The molecule has 1 rings (SSSR count). The Morgan fingerprint density at radius 1 is 1.50 bits per heavy atom. The number of aliphatic hydroxyl groups is 1. The maximum Gasteiger partial charge on any atom is 0.0448 e. The lowest BCUT2D eigenvalue weighted by atomic mass is 9.94. The molecule has 1 unspecified atom stereocenters. The van der Waals surface area contributed by atoms with Crippen LogP contribution < -0.4 is 5.32 Å². The summed E-state index contributed by atoms with van der Waals surface area (Å²) >= 11 is 0. The summed E-state index contributed by atoms with van der Waals surface area (Å²) in [6.45, 7) is 5.47. The Hall–Kier alpha value is -0.930. The van der Waals surface area contributed by atoms with Crippen molar-refractivity contribution in [2.45, 2.75) is 38.6 Å². The number of nitrogens with one attached hydrogen (secondary N) is 1. The molecule has 1 atom stereocenters. The van der Waals surface area contributed by atoms with Crippen molar-refractivity contribution < 1.29 is 5.11 Å². The fourth-order valence-corrected chi connectivity index (χ4v) is 1.69. The largest absolute Gasteiger partial charge is 0.396 e. The van der Waals surface area contributed by atoms with E-state index in [1.54, 1.807) is 6.20 Å². The zero-order chi connectivity index (χ0) is 11.9. The molecule has 90 valence electrons. The molecule has 3 heteroatoms. The molecule has 0 aromatic carbocycles. The number of nitrogens with zero attached hydrogens (tertiary/aromatic N) is 1. The summed E-state index contributed by atoms with van der Waals surface area (Å²) in [5, 5.41) is 12.5. The van der Waals surface area contributed by atoms with Gasteiger partial charge in [-0.25, -0.2) is 0 Å². The van der Waals surface area contributed by atoms with Gasteiger partial charge in [-0.1, -0.05) is 13.0 Å². The Balaban J connectivity index is 2.34. The second-order valence-electron chi connectivity index (χ2n) is 4.43. The first-order valence-electron chi connectivity index (χ1n) is 5.95. The molecule has 0 aliphatic carbocycles. The topological polar surface area (TPSA) is 45.1 Å². The van der Waals surface area contributed by atoms with Crippen LogP contribution in [-0.4, -0.2) is 28.8 Å². The predicted molar refractivity (Wildman–Crippen MR) is 66.3 cm³/mol. The highest BCUT2D eigenvalue weighted by Gasteiger charge is 2.19. The van der Waals surface area contributed by atoms with Gasteiger partial charge in [0.25, 0.3) is 0 Å². The molecule has 0 spiro atoms. The first kappa shape index (κ1) is 13.1. The van der Waals surface area contributed by atoms with Crippen molar-refractivity contribution in [1.82, 2.24) is 10.3 Å². The van der Waals surface area contributed by atoms with E-state index in [-0.39, 0.29) is 12.1 Å². The van der Waals surface area contributed by atoms with Gasteiger partial charge in [-0.05, 0) is 44.4 Å². The molecular weight excluding hydrogens is 200 g/mol. The minimum atomic E-state index is 0.0525. The van der Waals surface area contributed by atoms with Crippen molar-refractivity contribution in [2.24, 2.45) is 0 Å². The van der Waals surface area contributed by atoms with Crippen LogP contribution in [0.4, 0.5) is 0 Å². The van der Waals surface area contributed by atoms with Gasteiger partial charge in [-0.15, -0.1) is 0 Å². The monoisotopic (exact) mass is 222 g/mol. The van der Waals surface area contributed by atoms with Gasteiger partial charge >= 0.3 is 0 Å². The maximum atomic E-state index is 9.00. The molecule has 16 heavy (non-hydrogen) atoms. The minimum absolute atomic E-state index is 0.0525. The minimum Gasteiger partial charge on any atom is -0.396 e. The second-order valence-corrected chi connectivity index (χ2v) is 4.43. The zero-order valence-corrected chi connectivity index (χ0v) is 10.2. The highest BCUT2D eigenvalue weighted by molar-refractivity contribution is 5.08. The van der Waals surface area contributed by atoms with E-state index in [0.717, 1.165) is 25.8 Å². The number of aliphatic hydroxyl groups excluding tert-OH is 1. The molecule has 0 saturated heterocycles. The van der Waals surface area contributed by atoms with Crippen LogP contribution in [0.5, 0.6) is 0 Å². The van der Waals surface area contributed by atoms with E-state index in [0.29, 0.717) is 0 Å². The van der Waals surface area contributed by atoms with Gasteiger partial charge in [0.1, 0.15) is 0 Å². The molecule has 0 bridgehead atoms. The quantitative estimate of drug-likeness (QED) is 0.739. The maximum absolute atomic E-state index is 9.00. The molecule has 2 N–H and O–H groups in total. The number of hydrogen-bond acceptors (Lipinski definition) is 3. The number of aromatic nitrogens is 1. The van der Waals surface area contributed by atoms with Gasteiger partial charge in [-0.2, -0.15) is 0 Å². The summed E-state index contributed by atoms with van der Waals surface area (Å²) in [6, 6.07) is 4.05. The lowest BCUT2D eigenvalue weighted by molar-refractivity contribution is 0.216. The Labute approximate surface area is 97.9 Å². The molecule has 0 amide bonds. The van der Waals surface area contributed by atoms with Crippen LogP contribution in [-0.2, 0) is 6.42 Å². The summed E-state index contributed by atoms with van der Waals surface area (Å²) < 4.78 is 0. The van der Waals surface area contributed by atoms with Crippen molar-refractivity contribution in [2.75, 3.05) is 13.2 Å². The average molecular weight is 222 g/mol. The fraction of sp³-hybridized carbons (Fsp3) is 0.615. The van der Waals surface area contributed by atoms with E-state index in [4.69, 9.17) is 5.11 Å². The SMILES string of the molecule is CCC(C)(CCO)NCCc1cccnc1. The smallest absolute Gasteiger partial charge is 0.0448 e. The lowest BCUT2D eigenvalue weighted by Gasteiger charge is -2.29. The molecule has 0 aliphatic rings. The van der Waals surface area contributed by atoms with Crippen molar-refractivity contribution in [3.05, 3.63) is 30.1 Å². The van der Waals surface area contributed by atoms with Crippen molar-refractivity contribution in [3.8, 4) is 0 Å². The number of rotatable bonds is 7. The van der Waals surface area contributed by atoms with E-state index >= 15 is 0 Å². The highest BCUT2D eigenvalue weighted by atomic mass is 16.3. The number of pyridine rings is 1. The van der Waals surface area contributed by atoms with Crippen molar-refractivity contribution in [3.63, 3.8) is 0 Å². The van der Waals surface area contributed by atoms with Crippen LogP contribution in [0, 0.1) is 0 Å². The van der Waals surface area contributed by atoms with Crippen molar-refractivity contribution in [1.29, 1.82) is 0 Å². The molecule has 1 aromatic rings. The molecular formula is C13H22N2O. The standard InChI is InChI=1S/C13H22N2O/c1-3-13(2,7-10-16)15-9-6-12-5-4-8-14-11-12/h4-5,8,11,15-16H,3,6-7,9-10H2,1-2H3. The average Bonchev–Trinajstić information content (AvgIpc) is 2.31. The predicted octanol–water partition coefficient (Wildman–Crippen LogP) is 1.76. The van der Waals surface area contributed by atoms with Gasteiger partial charge in [0.05, 0.1) is 0 Å². The van der Waals surface area contributed by atoms with E-state index in [9.17, 15) is 0 Å². The third kappa shape index (κ3) is 4.29. The zero-order valence-electron chi connectivity index (χ0n) is 10.2. The molecule has 3 nitrogen and oxygen atoms in total. The summed E-state index contributed by atoms with van der Waals surface area (Å²) in [5.41, 5.74) is 1.30. The van der Waals surface area contributed by atoms with E-state index in [2.05, 4.69) is 30.2 Å². The van der Waals surface area contributed by atoms with Crippen LogP contribution in [0.25, 0.3) is 0 Å². The first-order chi connectivity index (χ1) is 7.70. The molecule has 0 saturated carbocycles. The van der Waals surface area contributed by atoms with Gasteiger partial charge < -0.3 is 10.4 Å². The number of hydrogen-bond donors (Lipinski definition) is 2. The van der Waals surface area contributed by atoms with Gasteiger partial charge in [0, 0.05) is 24.5 Å². The first-order valence-corrected chi connectivity index (χ1v) is 5.95. The van der Waals surface area contributed by atoms with Crippen molar-refractivity contribution >= 4 is 0 Å². The molecule has 0 aliphatic heterocycles. The van der Waals surface area contributed by atoms with Gasteiger partial charge in [0.2, 0.25) is 0 Å². The Morgan fingerprint density at radius 3 is 2.88 bits per heavy atom. The molecule has 1 heterocycles. The Bertz CT molecular complexity index is 289. The normalized spacial score (nSPS) is 14.7. The lowest BCUT2D eigenvalue weighted by Crippen LogP contribution is -2.43. The Kier molecular flexibility index (Phi) is 5.43. The molecule has 0 radical (unpaired) electrons. The van der Waals surface area contributed by atoms with Crippen LogP contribution >= 0.6 is 0 Å². The Morgan fingerprint density at radius 2 is 2.31 bits per heavy atom. The summed E-state index contributed by atoms with van der Waals surface area (Å²) in [4.78, 5) is 4.09. The van der Waals surface area contributed by atoms with Gasteiger partial charge in [-0.3, -0.25) is 4.98 Å². The van der Waals surface area contributed by atoms with E-state index < -0.39 is 0 Å². The summed E-state index contributed by atoms with van der Waals surface area (Å²) in [5.74, 6) is 0. The van der Waals surface area contributed by atoms with Crippen LogP contribution in [0.15, 0.2) is 24.5 Å².